The first-order valence-corrected chi connectivity index (χ1v) is 6.62. The van der Waals surface area contributed by atoms with E-state index in [4.69, 9.17) is 16.3 Å². The standard InChI is InChI=1S/C15H15ClN2O2/c1-3-18-13(12(16)10-17-18)8-9-14(19)11-6-4-5-7-15(11)20-2/h4-10H,3H2,1-2H3/b9-8+. The van der Waals surface area contributed by atoms with Crippen LogP contribution in [0.25, 0.3) is 6.08 Å². The minimum absolute atomic E-state index is 0.137. The first-order chi connectivity index (χ1) is 9.67. The number of allylic oxidation sites excluding steroid dienone is 1. The van der Waals surface area contributed by atoms with Crippen LogP contribution in [-0.4, -0.2) is 22.7 Å². The van der Waals surface area contributed by atoms with Crippen molar-refractivity contribution in [1.82, 2.24) is 9.78 Å². The number of hydrogen-bond donors (Lipinski definition) is 0. The summed E-state index contributed by atoms with van der Waals surface area (Å²) in [5.41, 5.74) is 1.24. The number of halogens is 1. The number of rotatable bonds is 5. The molecule has 0 atom stereocenters. The van der Waals surface area contributed by atoms with Gasteiger partial charge in [0, 0.05) is 6.54 Å². The van der Waals surface area contributed by atoms with Gasteiger partial charge >= 0.3 is 0 Å². The predicted octanol–water partition coefficient (Wildman–Crippen LogP) is 3.46. The maximum atomic E-state index is 12.2. The molecular formula is C15H15ClN2O2. The van der Waals surface area contributed by atoms with Gasteiger partial charge in [-0.25, -0.2) is 0 Å². The van der Waals surface area contributed by atoms with Crippen molar-refractivity contribution < 1.29 is 9.53 Å². The van der Waals surface area contributed by atoms with Crippen LogP contribution in [0.3, 0.4) is 0 Å². The highest BCUT2D eigenvalue weighted by molar-refractivity contribution is 6.32. The summed E-state index contributed by atoms with van der Waals surface area (Å²) in [6, 6.07) is 7.10. The number of carbonyl (C=O) groups is 1. The monoisotopic (exact) mass is 290 g/mol. The summed E-state index contributed by atoms with van der Waals surface area (Å²) in [5, 5.41) is 4.64. The fraction of sp³-hybridized carbons (Fsp3) is 0.200. The van der Waals surface area contributed by atoms with Crippen molar-refractivity contribution >= 4 is 23.5 Å². The Morgan fingerprint density at radius 1 is 1.45 bits per heavy atom. The van der Waals surface area contributed by atoms with E-state index in [0.29, 0.717) is 22.9 Å². The predicted molar refractivity (Wildman–Crippen MR) is 79.3 cm³/mol. The van der Waals surface area contributed by atoms with Crippen molar-refractivity contribution in [2.45, 2.75) is 13.5 Å². The van der Waals surface area contributed by atoms with Crippen LogP contribution in [0.5, 0.6) is 5.75 Å². The molecule has 1 aromatic carbocycles. The number of methoxy groups -OCH3 is 1. The van der Waals surface area contributed by atoms with Gasteiger partial charge in [0.05, 0.1) is 29.6 Å². The molecule has 2 rings (SSSR count). The number of hydrogen-bond acceptors (Lipinski definition) is 3. The van der Waals surface area contributed by atoms with Crippen molar-refractivity contribution in [2.75, 3.05) is 7.11 Å². The lowest BCUT2D eigenvalue weighted by Gasteiger charge is -2.04. The first-order valence-electron chi connectivity index (χ1n) is 6.24. The summed E-state index contributed by atoms with van der Waals surface area (Å²) in [7, 11) is 1.54. The summed E-state index contributed by atoms with van der Waals surface area (Å²) >= 11 is 6.04. The molecule has 4 nitrogen and oxygen atoms in total. The van der Waals surface area contributed by atoms with E-state index < -0.39 is 0 Å². The second kappa shape index (κ2) is 6.39. The fourth-order valence-corrected chi connectivity index (χ4v) is 2.09. The van der Waals surface area contributed by atoms with Crippen molar-refractivity contribution in [2.24, 2.45) is 0 Å². The molecule has 2 aromatic rings. The van der Waals surface area contributed by atoms with Gasteiger partial charge in [0.25, 0.3) is 0 Å². The number of ketones is 1. The Morgan fingerprint density at radius 3 is 2.90 bits per heavy atom. The molecule has 0 aliphatic rings. The summed E-state index contributed by atoms with van der Waals surface area (Å²) in [4.78, 5) is 12.2. The van der Waals surface area contributed by atoms with Crippen LogP contribution in [0.4, 0.5) is 0 Å². The van der Waals surface area contributed by atoms with Crippen LogP contribution in [-0.2, 0) is 6.54 Å². The normalized spacial score (nSPS) is 10.9. The van der Waals surface area contributed by atoms with Gasteiger partial charge in [-0.15, -0.1) is 0 Å². The Morgan fingerprint density at radius 2 is 2.20 bits per heavy atom. The van der Waals surface area contributed by atoms with E-state index in [2.05, 4.69) is 5.10 Å². The molecule has 0 saturated heterocycles. The molecule has 0 N–H and O–H groups in total. The van der Waals surface area contributed by atoms with E-state index in [1.165, 1.54) is 6.08 Å². The summed E-state index contributed by atoms with van der Waals surface area (Å²) in [6.45, 7) is 2.65. The van der Waals surface area contributed by atoms with E-state index in [-0.39, 0.29) is 5.78 Å². The molecule has 0 unspecified atom stereocenters. The number of aryl methyl sites for hydroxylation is 1. The molecule has 0 aliphatic carbocycles. The average Bonchev–Trinajstić information content (AvgIpc) is 2.85. The first kappa shape index (κ1) is 14.3. The van der Waals surface area contributed by atoms with E-state index in [0.717, 1.165) is 5.69 Å². The van der Waals surface area contributed by atoms with Crippen LogP contribution >= 0.6 is 11.6 Å². The molecule has 0 saturated carbocycles. The number of para-hydroxylation sites is 1. The summed E-state index contributed by atoms with van der Waals surface area (Å²) < 4.78 is 6.90. The smallest absolute Gasteiger partial charge is 0.189 e. The van der Waals surface area contributed by atoms with Crippen LogP contribution in [0.15, 0.2) is 36.5 Å². The van der Waals surface area contributed by atoms with Gasteiger partial charge < -0.3 is 4.74 Å². The number of aromatic nitrogens is 2. The van der Waals surface area contributed by atoms with Gasteiger partial charge in [0.2, 0.25) is 0 Å². The van der Waals surface area contributed by atoms with E-state index in [1.54, 1.807) is 42.3 Å². The maximum Gasteiger partial charge on any atom is 0.189 e. The molecule has 0 spiro atoms. The SMILES string of the molecule is CCn1ncc(Cl)c1/C=C/C(=O)c1ccccc1OC. The molecule has 0 aliphatic heterocycles. The summed E-state index contributed by atoms with van der Waals surface area (Å²) in [5.74, 6) is 0.416. The zero-order valence-corrected chi connectivity index (χ0v) is 12.1. The molecule has 5 heteroatoms. The molecular weight excluding hydrogens is 276 g/mol. The van der Waals surface area contributed by atoms with Gasteiger partial charge in [0.15, 0.2) is 5.78 Å². The van der Waals surface area contributed by atoms with Gasteiger partial charge in [0.1, 0.15) is 5.75 Å². The maximum absolute atomic E-state index is 12.2. The second-order valence-electron chi connectivity index (χ2n) is 4.09. The topological polar surface area (TPSA) is 44.1 Å². The minimum atomic E-state index is -0.137. The number of ether oxygens (including phenoxy) is 1. The minimum Gasteiger partial charge on any atom is -0.496 e. The zero-order valence-electron chi connectivity index (χ0n) is 11.3. The number of nitrogens with zero attached hydrogens (tertiary/aromatic N) is 2. The zero-order chi connectivity index (χ0) is 14.5. The number of benzene rings is 1. The third kappa shape index (κ3) is 2.91. The molecule has 20 heavy (non-hydrogen) atoms. The lowest BCUT2D eigenvalue weighted by Crippen LogP contribution is -2.01. The van der Waals surface area contributed by atoms with Crippen LogP contribution < -0.4 is 4.74 Å². The van der Waals surface area contributed by atoms with Gasteiger partial charge in [-0.2, -0.15) is 5.10 Å². The Bertz CT molecular complexity index is 647. The van der Waals surface area contributed by atoms with Crippen LogP contribution in [0.1, 0.15) is 23.0 Å². The Balaban J connectivity index is 2.27. The quantitative estimate of drug-likeness (QED) is 0.626. The lowest BCUT2D eigenvalue weighted by atomic mass is 10.1. The Labute approximate surface area is 122 Å². The Kier molecular flexibility index (Phi) is 4.58. The fourth-order valence-electron chi connectivity index (χ4n) is 1.88. The Hall–Kier alpha value is -2.07. The van der Waals surface area contributed by atoms with Crippen molar-refractivity contribution in [1.29, 1.82) is 0 Å². The second-order valence-corrected chi connectivity index (χ2v) is 4.50. The highest BCUT2D eigenvalue weighted by Crippen LogP contribution is 2.20. The van der Waals surface area contributed by atoms with Gasteiger partial charge in [-0.3, -0.25) is 9.48 Å². The highest BCUT2D eigenvalue weighted by atomic mass is 35.5. The van der Waals surface area contributed by atoms with E-state index in [9.17, 15) is 4.79 Å². The van der Waals surface area contributed by atoms with Crippen molar-refractivity contribution in [3.8, 4) is 5.75 Å². The van der Waals surface area contributed by atoms with Crippen molar-refractivity contribution in [3.05, 3.63) is 52.8 Å². The number of carbonyl (C=O) groups excluding carboxylic acids is 1. The molecule has 1 heterocycles. The molecule has 0 fully saturated rings. The van der Waals surface area contributed by atoms with E-state index >= 15 is 0 Å². The molecule has 0 radical (unpaired) electrons. The largest absolute Gasteiger partial charge is 0.496 e. The molecule has 0 amide bonds. The third-order valence-electron chi connectivity index (χ3n) is 2.90. The van der Waals surface area contributed by atoms with Gasteiger partial charge in [-0.1, -0.05) is 23.7 Å². The molecule has 1 aromatic heterocycles. The molecule has 104 valence electrons. The van der Waals surface area contributed by atoms with Crippen LogP contribution in [0, 0.1) is 0 Å². The third-order valence-corrected chi connectivity index (χ3v) is 3.19. The van der Waals surface area contributed by atoms with Crippen molar-refractivity contribution in [3.63, 3.8) is 0 Å². The average molecular weight is 291 g/mol. The van der Waals surface area contributed by atoms with Crippen LogP contribution in [0.2, 0.25) is 5.02 Å². The summed E-state index contributed by atoms with van der Waals surface area (Å²) in [6.07, 6.45) is 4.72. The lowest BCUT2D eigenvalue weighted by molar-refractivity contribution is 0.104. The van der Waals surface area contributed by atoms with Gasteiger partial charge in [-0.05, 0) is 31.2 Å². The van der Waals surface area contributed by atoms with E-state index in [1.807, 2.05) is 13.0 Å². The molecule has 0 bridgehead atoms. The highest BCUT2D eigenvalue weighted by Gasteiger charge is 2.09.